The van der Waals surface area contributed by atoms with Crippen molar-refractivity contribution in [2.45, 2.75) is 43.4 Å². The van der Waals surface area contributed by atoms with Crippen molar-refractivity contribution >= 4 is 27.2 Å². The number of sulfonamides is 1. The lowest BCUT2D eigenvalue weighted by atomic mass is 10.1. The van der Waals surface area contributed by atoms with Crippen LogP contribution in [-0.4, -0.2) is 60.9 Å². The number of likely N-dealkylation sites (tertiary alicyclic amines) is 1. The first-order chi connectivity index (χ1) is 12.4. The number of anilines is 1. The zero-order valence-corrected chi connectivity index (χ0v) is 16.9. The van der Waals surface area contributed by atoms with Gasteiger partial charge in [-0.2, -0.15) is 15.6 Å². The van der Waals surface area contributed by atoms with Crippen LogP contribution in [0.15, 0.2) is 40.1 Å². The van der Waals surface area contributed by atoms with E-state index in [0.29, 0.717) is 10.7 Å². The summed E-state index contributed by atoms with van der Waals surface area (Å²) in [5, 5.41) is 4.24. The highest BCUT2D eigenvalue weighted by Crippen LogP contribution is 2.37. The first-order valence-electron chi connectivity index (χ1n) is 8.84. The third kappa shape index (κ3) is 2.85. The Morgan fingerprint density at radius 3 is 2.73 bits per heavy atom. The van der Waals surface area contributed by atoms with Crippen LogP contribution < -0.4 is 4.90 Å². The zero-order valence-electron chi connectivity index (χ0n) is 15.2. The lowest BCUT2D eigenvalue weighted by molar-refractivity contribution is 0.249. The third-order valence-electron chi connectivity index (χ3n) is 5.29. The molecule has 2 atom stereocenters. The van der Waals surface area contributed by atoms with Crippen LogP contribution in [0.3, 0.4) is 0 Å². The van der Waals surface area contributed by atoms with Crippen molar-refractivity contribution in [2.75, 3.05) is 25.0 Å². The van der Waals surface area contributed by atoms with E-state index >= 15 is 0 Å². The summed E-state index contributed by atoms with van der Waals surface area (Å²) in [6.07, 6.45) is 1.67. The van der Waals surface area contributed by atoms with E-state index in [-0.39, 0.29) is 18.1 Å². The number of nitrogens with zero attached hydrogens (tertiary/aromatic N) is 4. The number of pyridine rings is 1. The molecule has 0 N–H and O–H groups in total. The molecular weight excluding hydrogens is 368 g/mol. The van der Waals surface area contributed by atoms with E-state index in [1.54, 1.807) is 34.0 Å². The van der Waals surface area contributed by atoms with Crippen LogP contribution in [-0.2, 0) is 16.6 Å². The molecule has 0 radical (unpaired) electrons. The summed E-state index contributed by atoms with van der Waals surface area (Å²) in [5.41, 5.74) is 1.28. The Morgan fingerprint density at radius 1 is 1.27 bits per heavy atom. The number of aromatic nitrogens is 1. The normalized spacial score (nSPS) is 25.9. The van der Waals surface area contributed by atoms with Gasteiger partial charge in [-0.3, -0.25) is 4.90 Å². The minimum atomic E-state index is -3.59. The highest BCUT2D eigenvalue weighted by Gasteiger charge is 2.49. The quantitative estimate of drug-likeness (QED) is 0.802. The largest absolute Gasteiger partial charge is 0.353 e. The summed E-state index contributed by atoms with van der Waals surface area (Å²) >= 11 is 1.69. The van der Waals surface area contributed by atoms with E-state index in [1.165, 1.54) is 5.56 Å². The predicted molar refractivity (Wildman–Crippen MR) is 104 cm³/mol. The molecule has 2 aliphatic rings. The maximum Gasteiger partial charge on any atom is 0.247 e. The second kappa shape index (κ2) is 6.60. The molecule has 4 heterocycles. The summed E-state index contributed by atoms with van der Waals surface area (Å²) in [6, 6.07) is 5.41. The van der Waals surface area contributed by atoms with Gasteiger partial charge >= 0.3 is 0 Å². The maximum atomic E-state index is 13.4. The second-order valence-electron chi connectivity index (χ2n) is 7.33. The molecule has 0 unspecified atom stereocenters. The Bertz CT molecular complexity index is 882. The molecule has 8 heteroatoms. The monoisotopic (exact) mass is 392 g/mol. The summed E-state index contributed by atoms with van der Waals surface area (Å²) < 4.78 is 28.5. The Labute approximate surface area is 159 Å². The average Bonchev–Trinajstić information content (AvgIpc) is 3.23. The van der Waals surface area contributed by atoms with Crippen LogP contribution >= 0.6 is 11.3 Å². The Morgan fingerprint density at radius 2 is 2.04 bits per heavy atom. The van der Waals surface area contributed by atoms with Crippen molar-refractivity contribution in [1.29, 1.82) is 0 Å². The number of likely N-dealkylation sites (N-methyl/N-ethyl adjacent to an activating group) is 1. The Hall–Kier alpha value is -1.48. The molecule has 0 saturated carbocycles. The van der Waals surface area contributed by atoms with Gasteiger partial charge in [-0.1, -0.05) is 0 Å². The second-order valence-corrected chi connectivity index (χ2v) is 9.92. The van der Waals surface area contributed by atoms with Gasteiger partial charge in [0.25, 0.3) is 0 Å². The van der Waals surface area contributed by atoms with E-state index in [9.17, 15) is 8.42 Å². The molecule has 4 rings (SSSR count). The van der Waals surface area contributed by atoms with Crippen molar-refractivity contribution in [1.82, 2.24) is 14.2 Å². The van der Waals surface area contributed by atoms with Gasteiger partial charge in [-0.15, -0.1) is 0 Å². The number of thiophene rings is 1. The lowest BCUT2D eigenvalue weighted by Gasteiger charge is -2.34. The minimum absolute atomic E-state index is 0.0851. The van der Waals surface area contributed by atoms with Gasteiger partial charge in [0.1, 0.15) is 10.7 Å². The van der Waals surface area contributed by atoms with Crippen LogP contribution in [0.25, 0.3) is 0 Å². The topological polar surface area (TPSA) is 56.8 Å². The predicted octanol–water partition coefficient (Wildman–Crippen LogP) is 2.25. The standard InChI is InChI=1S/C18H24N4O2S2/c1-13(2)22-16-11-21(9-14-6-8-25-12-14)10-15(16)20(3)18-17(26(22,23)24)5-4-7-19-18/h4-8,12-13,15-16H,9-11H2,1-3H3/t15-,16+/m1/s1. The highest BCUT2D eigenvalue weighted by molar-refractivity contribution is 7.89. The average molecular weight is 393 g/mol. The smallest absolute Gasteiger partial charge is 0.247 e. The molecule has 2 aromatic heterocycles. The van der Waals surface area contributed by atoms with Gasteiger partial charge in [0.15, 0.2) is 0 Å². The van der Waals surface area contributed by atoms with Crippen LogP contribution in [0.1, 0.15) is 19.4 Å². The first-order valence-corrected chi connectivity index (χ1v) is 11.2. The van der Waals surface area contributed by atoms with Crippen molar-refractivity contribution in [3.8, 4) is 0 Å². The fraction of sp³-hybridized carbons (Fsp3) is 0.500. The van der Waals surface area contributed by atoms with E-state index in [2.05, 4.69) is 31.6 Å². The lowest BCUT2D eigenvalue weighted by Crippen LogP contribution is -2.52. The SMILES string of the molecule is CC(C)N1[C@H]2CN(Cc3ccsc3)C[C@H]2N(C)c2ncccc2S1(=O)=O. The molecule has 1 fully saturated rings. The van der Waals surface area contributed by atoms with E-state index in [0.717, 1.165) is 19.6 Å². The number of fused-ring (bicyclic) bond motifs is 2. The highest BCUT2D eigenvalue weighted by atomic mass is 32.2. The van der Waals surface area contributed by atoms with Gasteiger partial charge < -0.3 is 4.90 Å². The van der Waals surface area contributed by atoms with E-state index in [1.807, 2.05) is 20.9 Å². The minimum Gasteiger partial charge on any atom is -0.353 e. The zero-order chi connectivity index (χ0) is 18.5. The molecule has 0 aromatic carbocycles. The fourth-order valence-corrected chi connectivity index (χ4v) is 6.89. The first kappa shape index (κ1) is 17.9. The molecule has 0 bridgehead atoms. The van der Waals surface area contributed by atoms with Crippen LogP contribution in [0.4, 0.5) is 5.82 Å². The van der Waals surface area contributed by atoms with Crippen molar-refractivity contribution in [2.24, 2.45) is 0 Å². The van der Waals surface area contributed by atoms with Crippen LogP contribution in [0, 0.1) is 0 Å². The molecule has 0 spiro atoms. The molecule has 2 aliphatic heterocycles. The molecule has 140 valence electrons. The number of rotatable bonds is 3. The van der Waals surface area contributed by atoms with Gasteiger partial charge in [0.05, 0.1) is 12.1 Å². The molecule has 6 nitrogen and oxygen atoms in total. The maximum absolute atomic E-state index is 13.4. The molecule has 1 saturated heterocycles. The van der Waals surface area contributed by atoms with Crippen molar-refractivity contribution in [3.05, 3.63) is 40.7 Å². The molecule has 2 aromatic rings. The number of hydrogen-bond donors (Lipinski definition) is 0. The molecule has 0 amide bonds. The van der Waals surface area contributed by atoms with Gasteiger partial charge in [0, 0.05) is 38.9 Å². The van der Waals surface area contributed by atoms with Crippen molar-refractivity contribution < 1.29 is 8.42 Å². The summed E-state index contributed by atoms with van der Waals surface area (Å²) in [6.45, 7) is 6.32. The summed E-state index contributed by atoms with van der Waals surface area (Å²) in [4.78, 5) is 9.15. The van der Waals surface area contributed by atoms with E-state index < -0.39 is 10.0 Å². The fourth-order valence-electron chi connectivity index (χ4n) is 4.21. The van der Waals surface area contributed by atoms with Gasteiger partial charge in [-0.25, -0.2) is 13.4 Å². The molecule has 0 aliphatic carbocycles. The van der Waals surface area contributed by atoms with Crippen LogP contribution in [0.2, 0.25) is 0 Å². The van der Waals surface area contributed by atoms with Crippen molar-refractivity contribution in [3.63, 3.8) is 0 Å². The Kier molecular flexibility index (Phi) is 4.54. The molecular formula is C18H24N4O2S2. The summed E-state index contributed by atoms with van der Waals surface area (Å²) in [7, 11) is -1.62. The third-order valence-corrected chi connectivity index (χ3v) is 8.15. The van der Waals surface area contributed by atoms with Crippen LogP contribution in [0.5, 0.6) is 0 Å². The van der Waals surface area contributed by atoms with E-state index in [4.69, 9.17) is 0 Å². The summed E-state index contributed by atoms with van der Waals surface area (Å²) in [5.74, 6) is 0.558. The molecule has 26 heavy (non-hydrogen) atoms. The Balaban J connectivity index is 1.75. The number of hydrogen-bond acceptors (Lipinski definition) is 6. The van der Waals surface area contributed by atoms with Gasteiger partial charge in [0.2, 0.25) is 10.0 Å². The van der Waals surface area contributed by atoms with Gasteiger partial charge in [-0.05, 0) is 48.4 Å².